The summed E-state index contributed by atoms with van der Waals surface area (Å²) in [5.41, 5.74) is 2.43. The molecule has 4 fully saturated rings. The highest BCUT2D eigenvalue weighted by Crippen LogP contribution is 2.67. The molecule has 7 N–H and O–H groups in total. The number of carbonyl (C=O) groups excluding carboxylic acids is 2. The van der Waals surface area contributed by atoms with Crippen LogP contribution in [0.1, 0.15) is 65.0 Å². The first-order valence-electron chi connectivity index (χ1n) is 15.7. The molecule has 16 heteroatoms. The molecule has 12 unspecified atom stereocenters. The molecule has 2 heterocycles. The molecule has 1 aromatic heterocycles. The van der Waals surface area contributed by atoms with E-state index in [1.165, 1.54) is 12.3 Å². The summed E-state index contributed by atoms with van der Waals surface area (Å²) < 4.78 is 29.1. The topological polar surface area (TPSA) is 241 Å². The number of nitrogens with zero attached hydrogens (tertiary/aromatic N) is 2. The molecule has 0 spiro atoms. The zero-order chi connectivity index (χ0) is 33.4. The highest BCUT2D eigenvalue weighted by Gasteiger charge is 2.68. The van der Waals surface area contributed by atoms with Crippen molar-refractivity contribution in [3.8, 4) is 0 Å². The number of aliphatic hydroxyl groups is 4. The van der Waals surface area contributed by atoms with Gasteiger partial charge in [-0.05, 0) is 73.8 Å². The lowest BCUT2D eigenvalue weighted by Gasteiger charge is -2.60. The summed E-state index contributed by atoms with van der Waals surface area (Å²) in [6, 6.07) is 1.29. The van der Waals surface area contributed by atoms with E-state index >= 15 is 0 Å². The molecule has 5 aliphatic rings. The molecular formula is C30H42N3O12P. The van der Waals surface area contributed by atoms with Crippen molar-refractivity contribution in [1.29, 1.82) is 0 Å². The summed E-state index contributed by atoms with van der Waals surface area (Å²) in [4.78, 5) is 51.7. The minimum Gasteiger partial charge on any atom is -0.393 e. The first kappa shape index (κ1) is 33.6. The molecule has 0 amide bonds. The summed E-state index contributed by atoms with van der Waals surface area (Å²) in [5.74, 6) is -0.943. The van der Waals surface area contributed by atoms with Crippen molar-refractivity contribution in [2.24, 2.45) is 28.6 Å². The summed E-state index contributed by atoms with van der Waals surface area (Å²) in [6.45, 7) is 2.21. The number of ketones is 2. The number of hydrogen-bond acceptors (Lipinski definition) is 13. The van der Waals surface area contributed by atoms with Crippen LogP contribution in [-0.2, 0) is 27.9 Å². The van der Waals surface area contributed by atoms with Gasteiger partial charge >= 0.3 is 13.5 Å². The number of anilines is 1. The van der Waals surface area contributed by atoms with Crippen LogP contribution in [0.15, 0.2) is 28.7 Å². The molecule has 0 radical (unpaired) electrons. The van der Waals surface area contributed by atoms with Gasteiger partial charge in [0.05, 0.1) is 12.7 Å². The number of phosphoric ester groups is 1. The van der Waals surface area contributed by atoms with Crippen LogP contribution in [0, 0.1) is 28.6 Å². The Balaban J connectivity index is 1.09. The molecule has 0 bridgehead atoms. The molecule has 12 atom stereocenters. The first-order chi connectivity index (χ1) is 21.5. The Bertz CT molecular complexity index is 1550. The van der Waals surface area contributed by atoms with Gasteiger partial charge in [-0.25, -0.2) is 9.36 Å². The fourth-order valence-electron chi connectivity index (χ4n) is 9.33. The number of aromatic nitrogens is 2. The van der Waals surface area contributed by atoms with E-state index in [9.17, 15) is 44.3 Å². The standard InChI is InChI=1S/C30H42N3O12P/c1-28-8-5-16(34)11-15(28)3-4-17-18-6-9-30(40,29(18,2)12-19(35)23(17)28)21(36)14-44-46(41,42)43-13-20-24(37)25(38)26(45-20)33-10-7-22(31)32-27(33)39/h7,10-11,17-20,23-26,35,37-38,40H,3-6,8-9,12-14H2,1-2H3,(H,41,42)(H2,31,32,39). The minimum absolute atomic E-state index is 0.0241. The Morgan fingerprint density at radius 2 is 1.89 bits per heavy atom. The number of hydrogen-bond donors (Lipinski definition) is 6. The van der Waals surface area contributed by atoms with Gasteiger partial charge in [-0.1, -0.05) is 19.4 Å². The van der Waals surface area contributed by atoms with E-state index < -0.39 is 74.2 Å². The third-order valence-corrected chi connectivity index (χ3v) is 12.7. The second-order valence-electron chi connectivity index (χ2n) is 14.0. The lowest BCUT2D eigenvalue weighted by Crippen LogP contribution is -2.62. The molecule has 1 aliphatic heterocycles. The van der Waals surface area contributed by atoms with Gasteiger partial charge in [0.1, 0.15) is 36.3 Å². The van der Waals surface area contributed by atoms with Gasteiger partial charge in [-0.15, -0.1) is 0 Å². The number of nitrogens with two attached hydrogens (primary N) is 1. The minimum atomic E-state index is -4.93. The molecule has 15 nitrogen and oxygen atoms in total. The average Bonchev–Trinajstić information content (AvgIpc) is 3.42. The maximum Gasteiger partial charge on any atom is 0.472 e. The SMILES string of the molecule is CC12CCC(=O)C=C1CCC1C2C(O)CC2(C)C1CCC2(O)C(=O)COP(=O)(O)OCC1OC(n2ccc(N)nc2=O)C(O)C1O. The number of aliphatic hydroxyl groups excluding tert-OH is 3. The zero-order valence-corrected chi connectivity index (χ0v) is 26.6. The zero-order valence-electron chi connectivity index (χ0n) is 25.7. The third kappa shape index (κ3) is 5.33. The van der Waals surface area contributed by atoms with E-state index in [1.807, 2.05) is 0 Å². The van der Waals surface area contributed by atoms with Gasteiger partial charge in [0.15, 0.2) is 17.8 Å². The number of Topliss-reactive ketones (excluding diaryl/α,β-unsaturated/α-hetero) is 1. The first-order valence-corrected chi connectivity index (χ1v) is 17.2. The molecule has 1 saturated heterocycles. The second kappa shape index (κ2) is 11.7. The van der Waals surface area contributed by atoms with E-state index in [2.05, 4.69) is 11.9 Å². The number of nitrogen functional groups attached to an aromatic ring is 1. The van der Waals surface area contributed by atoms with Crippen LogP contribution < -0.4 is 11.4 Å². The van der Waals surface area contributed by atoms with E-state index in [4.69, 9.17) is 19.5 Å². The molecule has 1 aromatic rings. The molecule has 0 aromatic carbocycles. The van der Waals surface area contributed by atoms with Crippen LogP contribution in [0.3, 0.4) is 0 Å². The molecule has 4 aliphatic carbocycles. The van der Waals surface area contributed by atoms with Crippen molar-refractivity contribution in [3.63, 3.8) is 0 Å². The Kier molecular flexibility index (Phi) is 8.52. The lowest BCUT2D eigenvalue weighted by molar-refractivity contribution is -0.182. The number of carbonyl (C=O) groups is 2. The van der Waals surface area contributed by atoms with Crippen LogP contribution in [0.2, 0.25) is 0 Å². The maximum absolute atomic E-state index is 13.5. The fraction of sp³-hybridized carbons (Fsp3) is 0.733. The highest BCUT2D eigenvalue weighted by molar-refractivity contribution is 7.47. The number of ether oxygens (including phenoxy) is 1. The van der Waals surface area contributed by atoms with Crippen molar-refractivity contribution >= 4 is 25.2 Å². The Labute approximate surface area is 265 Å². The maximum atomic E-state index is 13.5. The van der Waals surface area contributed by atoms with Crippen molar-refractivity contribution in [1.82, 2.24) is 9.55 Å². The van der Waals surface area contributed by atoms with E-state index in [0.717, 1.165) is 16.6 Å². The van der Waals surface area contributed by atoms with E-state index in [-0.39, 0.29) is 47.6 Å². The number of rotatable bonds is 8. The van der Waals surface area contributed by atoms with Gasteiger partial charge < -0.3 is 35.8 Å². The van der Waals surface area contributed by atoms with Crippen LogP contribution in [0.4, 0.5) is 5.82 Å². The highest BCUT2D eigenvalue weighted by atomic mass is 31.2. The average molecular weight is 668 g/mol. The predicted molar refractivity (Wildman–Crippen MR) is 159 cm³/mol. The predicted octanol–water partition coefficient (Wildman–Crippen LogP) is 0.381. The van der Waals surface area contributed by atoms with Crippen molar-refractivity contribution in [2.45, 2.75) is 95.0 Å². The lowest BCUT2D eigenvalue weighted by atomic mass is 9.45. The fourth-order valence-corrected chi connectivity index (χ4v) is 10.0. The summed E-state index contributed by atoms with van der Waals surface area (Å²) in [6.07, 6.45) is -0.526. The van der Waals surface area contributed by atoms with Crippen LogP contribution >= 0.6 is 7.82 Å². The van der Waals surface area contributed by atoms with Crippen LogP contribution in [0.5, 0.6) is 0 Å². The summed E-state index contributed by atoms with van der Waals surface area (Å²) in [5, 5.41) is 44.2. The largest absolute Gasteiger partial charge is 0.472 e. The van der Waals surface area contributed by atoms with E-state index in [0.29, 0.717) is 25.7 Å². The normalized spacial score (nSPS) is 43.3. The number of fused-ring (bicyclic) bond motifs is 5. The third-order valence-electron chi connectivity index (χ3n) is 11.7. The second-order valence-corrected chi connectivity index (χ2v) is 15.5. The van der Waals surface area contributed by atoms with Gasteiger partial charge in [0.25, 0.3) is 0 Å². The Hall–Kier alpha value is -2.33. The van der Waals surface area contributed by atoms with Gasteiger partial charge in [-0.3, -0.25) is 23.2 Å². The number of phosphoric acid groups is 1. The Morgan fingerprint density at radius 1 is 1.15 bits per heavy atom. The quantitative estimate of drug-likeness (QED) is 0.206. The summed E-state index contributed by atoms with van der Waals surface area (Å²) in [7, 11) is -4.93. The molecule has 254 valence electrons. The Morgan fingerprint density at radius 3 is 2.61 bits per heavy atom. The van der Waals surface area contributed by atoms with Crippen molar-refractivity contribution in [2.75, 3.05) is 18.9 Å². The van der Waals surface area contributed by atoms with Gasteiger partial charge in [0.2, 0.25) is 0 Å². The van der Waals surface area contributed by atoms with Crippen LogP contribution in [-0.4, -0.2) is 89.7 Å². The molecular weight excluding hydrogens is 625 g/mol. The smallest absolute Gasteiger partial charge is 0.393 e. The van der Waals surface area contributed by atoms with Gasteiger partial charge in [0, 0.05) is 18.0 Å². The van der Waals surface area contributed by atoms with Gasteiger partial charge in [-0.2, -0.15) is 4.98 Å². The van der Waals surface area contributed by atoms with Crippen molar-refractivity contribution in [3.05, 3.63) is 34.4 Å². The molecule has 46 heavy (non-hydrogen) atoms. The monoisotopic (exact) mass is 667 g/mol. The van der Waals surface area contributed by atoms with E-state index in [1.54, 1.807) is 13.0 Å². The number of allylic oxidation sites excluding steroid dienone is 1. The van der Waals surface area contributed by atoms with Crippen molar-refractivity contribution < 1.29 is 53.3 Å². The summed E-state index contributed by atoms with van der Waals surface area (Å²) >= 11 is 0. The van der Waals surface area contributed by atoms with Crippen LogP contribution in [0.25, 0.3) is 0 Å². The molecule has 3 saturated carbocycles. The molecule has 6 rings (SSSR count).